The van der Waals surface area contributed by atoms with E-state index in [2.05, 4.69) is 19.2 Å². The molecule has 2 atom stereocenters. The lowest BCUT2D eigenvalue weighted by atomic mass is 10.00. The van der Waals surface area contributed by atoms with Gasteiger partial charge in [-0.1, -0.05) is 26.0 Å². The second-order valence-electron chi connectivity index (χ2n) is 6.43. The van der Waals surface area contributed by atoms with Crippen LogP contribution in [0.1, 0.15) is 35.7 Å². The molecule has 2 amide bonds. The van der Waals surface area contributed by atoms with Gasteiger partial charge in [0.2, 0.25) is 5.91 Å². The molecule has 2 fully saturated rings. The van der Waals surface area contributed by atoms with Crippen molar-refractivity contribution < 1.29 is 14.3 Å². The number of hydrogen-bond acceptors (Lipinski definition) is 3. The maximum atomic E-state index is 12.8. The van der Waals surface area contributed by atoms with Gasteiger partial charge < -0.3 is 15.0 Å². The molecule has 2 aliphatic rings. The highest BCUT2D eigenvalue weighted by molar-refractivity contribution is 5.95. The molecule has 22 heavy (non-hydrogen) atoms. The largest absolute Gasteiger partial charge is 0.378 e. The van der Waals surface area contributed by atoms with Crippen LogP contribution in [0.4, 0.5) is 0 Å². The summed E-state index contributed by atoms with van der Waals surface area (Å²) in [7, 11) is 0. The van der Waals surface area contributed by atoms with Gasteiger partial charge in [-0.25, -0.2) is 0 Å². The molecule has 0 unspecified atom stereocenters. The van der Waals surface area contributed by atoms with Crippen molar-refractivity contribution >= 4 is 11.8 Å². The second kappa shape index (κ2) is 6.08. The molecule has 2 bridgehead atoms. The van der Waals surface area contributed by atoms with E-state index in [-0.39, 0.29) is 23.8 Å². The minimum Gasteiger partial charge on any atom is -0.378 e. The van der Waals surface area contributed by atoms with E-state index in [1.54, 1.807) is 4.90 Å². The fourth-order valence-corrected chi connectivity index (χ4v) is 3.01. The third-order valence-corrected chi connectivity index (χ3v) is 4.32. The average molecular weight is 302 g/mol. The number of benzene rings is 1. The number of carbonyl (C=O) groups is 2. The Morgan fingerprint density at radius 3 is 2.91 bits per heavy atom. The summed E-state index contributed by atoms with van der Waals surface area (Å²) in [5.41, 5.74) is 1.85. The van der Waals surface area contributed by atoms with Crippen molar-refractivity contribution in [3.8, 4) is 0 Å². The molecule has 5 nitrogen and oxygen atoms in total. The highest BCUT2D eigenvalue weighted by Gasteiger charge is 2.35. The highest BCUT2D eigenvalue weighted by Crippen LogP contribution is 2.19. The summed E-state index contributed by atoms with van der Waals surface area (Å²) in [6.45, 7) is 6.01. The second-order valence-corrected chi connectivity index (χ2v) is 6.43. The molecule has 1 aromatic rings. The Labute approximate surface area is 130 Å². The van der Waals surface area contributed by atoms with Crippen molar-refractivity contribution in [3.05, 3.63) is 35.4 Å². The molecule has 0 aromatic heterocycles. The van der Waals surface area contributed by atoms with Crippen molar-refractivity contribution in [2.24, 2.45) is 5.92 Å². The monoisotopic (exact) mass is 302 g/mol. The van der Waals surface area contributed by atoms with Gasteiger partial charge in [-0.15, -0.1) is 0 Å². The number of nitrogens with one attached hydrogen (secondary N) is 1. The number of hydrogen-bond donors (Lipinski definition) is 1. The summed E-state index contributed by atoms with van der Waals surface area (Å²) >= 11 is 0. The zero-order valence-electron chi connectivity index (χ0n) is 13.0. The molecule has 0 aliphatic carbocycles. The van der Waals surface area contributed by atoms with Gasteiger partial charge in [0.15, 0.2) is 0 Å². The van der Waals surface area contributed by atoms with E-state index < -0.39 is 0 Å². The molecule has 2 heterocycles. The van der Waals surface area contributed by atoms with Crippen LogP contribution in [0.3, 0.4) is 0 Å². The van der Waals surface area contributed by atoms with E-state index in [9.17, 15) is 9.59 Å². The van der Waals surface area contributed by atoms with E-state index in [1.165, 1.54) is 0 Å². The first-order chi connectivity index (χ1) is 10.5. The van der Waals surface area contributed by atoms with Crippen LogP contribution in [0.5, 0.6) is 0 Å². The molecule has 3 rings (SSSR count). The average Bonchev–Trinajstić information content (AvgIpc) is 2.75. The summed E-state index contributed by atoms with van der Waals surface area (Å²) in [6, 6.07) is 7.66. The van der Waals surface area contributed by atoms with Gasteiger partial charge in [0.1, 0.15) is 0 Å². The molecule has 0 radical (unpaired) electrons. The lowest BCUT2D eigenvalue weighted by Gasteiger charge is -2.28. The van der Waals surface area contributed by atoms with Gasteiger partial charge in [0, 0.05) is 18.7 Å². The fraction of sp³-hybridized carbons (Fsp3) is 0.529. The van der Waals surface area contributed by atoms with Gasteiger partial charge in [-0.3, -0.25) is 9.59 Å². The maximum absolute atomic E-state index is 12.8. The number of rotatable bonds is 2. The number of nitrogens with zero attached hydrogens (tertiary/aromatic N) is 1. The molecule has 1 N–H and O–H groups in total. The molecule has 0 saturated carbocycles. The Balaban J connectivity index is 1.83. The van der Waals surface area contributed by atoms with Crippen LogP contribution >= 0.6 is 0 Å². The summed E-state index contributed by atoms with van der Waals surface area (Å²) in [6.07, 6.45) is 0. The van der Waals surface area contributed by atoms with Gasteiger partial charge in [-0.05, 0) is 23.6 Å². The fourth-order valence-electron chi connectivity index (χ4n) is 3.01. The molecule has 0 spiro atoms. The number of ether oxygens (including phenoxy) is 1. The molecule has 1 aromatic carbocycles. The van der Waals surface area contributed by atoms with Crippen molar-refractivity contribution in [1.82, 2.24) is 10.2 Å². The summed E-state index contributed by atoms with van der Waals surface area (Å²) in [4.78, 5) is 26.6. The van der Waals surface area contributed by atoms with E-state index in [1.807, 2.05) is 24.3 Å². The standard InChI is InChI=1S/C17H22N2O3/c1-11(2)12-4-3-5-13(6-12)17(21)19-7-14-9-22-10-15(8-19)18-16(14)20/h3-6,11,14-15H,7-10H2,1-2H3,(H,18,20)/t14-,15+/m1/s1. The van der Waals surface area contributed by atoms with Crippen molar-refractivity contribution in [3.63, 3.8) is 0 Å². The Bertz CT molecular complexity index is 585. The number of amides is 2. The minimum absolute atomic E-state index is 0.00380. The summed E-state index contributed by atoms with van der Waals surface area (Å²) in [5.74, 6) is 0.0993. The summed E-state index contributed by atoms with van der Waals surface area (Å²) < 4.78 is 5.49. The van der Waals surface area contributed by atoms with Crippen LogP contribution in [0, 0.1) is 5.92 Å². The Morgan fingerprint density at radius 1 is 1.32 bits per heavy atom. The van der Waals surface area contributed by atoms with Crippen LogP contribution < -0.4 is 5.32 Å². The Kier molecular flexibility index (Phi) is 4.16. The SMILES string of the molecule is CC(C)c1cccc(C(=O)N2C[C@H]3COC[C@@H](C2)C(=O)N3)c1. The van der Waals surface area contributed by atoms with Crippen LogP contribution in [0.25, 0.3) is 0 Å². The van der Waals surface area contributed by atoms with Crippen molar-refractivity contribution in [2.75, 3.05) is 26.3 Å². The van der Waals surface area contributed by atoms with Crippen LogP contribution in [0.15, 0.2) is 24.3 Å². The quantitative estimate of drug-likeness (QED) is 0.898. The lowest BCUT2D eigenvalue weighted by Crippen LogP contribution is -2.44. The predicted molar refractivity (Wildman–Crippen MR) is 82.7 cm³/mol. The summed E-state index contributed by atoms with van der Waals surface area (Å²) in [5, 5.41) is 2.95. The predicted octanol–water partition coefficient (Wildman–Crippen LogP) is 1.40. The molecule has 2 saturated heterocycles. The molecular formula is C17H22N2O3. The van der Waals surface area contributed by atoms with E-state index >= 15 is 0 Å². The zero-order valence-corrected chi connectivity index (χ0v) is 13.0. The first-order valence-corrected chi connectivity index (χ1v) is 7.82. The third kappa shape index (κ3) is 2.99. The lowest BCUT2D eigenvalue weighted by molar-refractivity contribution is -0.125. The van der Waals surface area contributed by atoms with Crippen molar-refractivity contribution in [2.45, 2.75) is 25.8 Å². The Morgan fingerprint density at radius 2 is 2.14 bits per heavy atom. The van der Waals surface area contributed by atoms with E-state index in [0.717, 1.165) is 5.56 Å². The smallest absolute Gasteiger partial charge is 0.253 e. The van der Waals surface area contributed by atoms with Crippen LogP contribution in [-0.4, -0.2) is 49.1 Å². The van der Waals surface area contributed by atoms with E-state index in [4.69, 9.17) is 4.74 Å². The normalized spacial score (nSPS) is 24.9. The first kappa shape index (κ1) is 15.0. The first-order valence-electron chi connectivity index (χ1n) is 7.82. The molecule has 2 aliphatic heterocycles. The van der Waals surface area contributed by atoms with Gasteiger partial charge in [0.25, 0.3) is 5.91 Å². The Hall–Kier alpha value is -1.88. The van der Waals surface area contributed by atoms with Gasteiger partial charge in [0.05, 0.1) is 25.2 Å². The number of carbonyl (C=O) groups excluding carboxylic acids is 2. The molecule has 118 valence electrons. The van der Waals surface area contributed by atoms with Crippen molar-refractivity contribution in [1.29, 1.82) is 0 Å². The number of fused-ring (bicyclic) bond motifs is 3. The van der Waals surface area contributed by atoms with Gasteiger partial charge >= 0.3 is 0 Å². The highest BCUT2D eigenvalue weighted by atomic mass is 16.5. The molecule has 5 heteroatoms. The third-order valence-electron chi connectivity index (χ3n) is 4.32. The maximum Gasteiger partial charge on any atom is 0.253 e. The van der Waals surface area contributed by atoms with Gasteiger partial charge in [-0.2, -0.15) is 0 Å². The molecular weight excluding hydrogens is 280 g/mol. The van der Waals surface area contributed by atoms with Crippen LogP contribution in [-0.2, 0) is 9.53 Å². The van der Waals surface area contributed by atoms with E-state index in [0.29, 0.717) is 37.8 Å². The minimum atomic E-state index is -0.273. The van der Waals surface area contributed by atoms with Crippen LogP contribution in [0.2, 0.25) is 0 Å². The topological polar surface area (TPSA) is 58.6 Å². The zero-order chi connectivity index (χ0) is 15.7.